The smallest absolute Gasteiger partial charge is 0.191 e. The number of ether oxygens (including phenoxy) is 1. The summed E-state index contributed by atoms with van der Waals surface area (Å²) in [4.78, 5) is 9.36. The van der Waals surface area contributed by atoms with Gasteiger partial charge in [-0.15, -0.1) is 0 Å². The molecule has 2 aliphatic rings. The first-order valence-electron chi connectivity index (χ1n) is 10.9. The summed E-state index contributed by atoms with van der Waals surface area (Å²) in [6.45, 7) is 10.7. The van der Waals surface area contributed by atoms with E-state index in [0.717, 1.165) is 70.3 Å². The van der Waals surface area contributed by atoms with Crippen molar-refractivity contribution < 1.29 is 9.13 Å². The van der Waals surface area contributed by atoms with Gasteiger partial charge in [-0.1, -0.05) is 12.1 Å². The molecular weight excluding hydrogens is 369 g/mol. The van der Waals surface area contributed by atoms with E-state index in [2.05, 4.69) is 39.3 Å². The molecule has 1 unspecified atom stereocenters. The van der Waals surface area contributed by atoms with E-state index in [1.54, 1.807) is 12.1 Å². The van der Waals surface area contributed by atoms with Crippen molar-refractivity contribution in [2.24, 2.45) is 4.99 Å². The molecule has 2 heterocycles. The largest absolute Gasteiger partial charge is 0.379 e. The molecule has 1 aromatic carbocycles. The number of hydrogen-bond donors (Lipinski definition) is 2. The highest BCUT2D eigenvalue weighted by atomic mass is 19.1. The normalized spacial score (nSPS) is 21.3. The Morgan fingerprint density at radius 1 is 1.10 bits per heavy atom. The maximum atomic E-state index is 13.4. The zero-order chi connectivity index (χ0) is 20.6. The van der Waals surface area contributed by atoms with Crippen molar-refractivity contribution in [3.05, 3.63) is 35.6 Å². The summed E-state index contributed by atoms with van der Waals surface area (Å²) in [6.07, 6.45) is 2.26. The standard InChI is InChI=1S/C22H36FN5O/c1-17(2)27-10-8-20(9-11-27)26-22(24-3)25-16-21(28-12-14-29-15-13-28)18-4-6-19(23)7-5-18/h4-7,17,20-21H,8-16H2,1-3H3,(H2,24,25,26). The van der Waals surface area contributed by atoms with Crippen molar-refractivity contribution in [3.63, 3.8) is 0 Å². The second kappa shape index (κ2) is 10.9. The van der Waals surface area contributed by atoms with Crippen molar-refractivity contribution in [1.29, 1.82) is 0 Å². The van der Waals surface area contributed by atoms with Crippen LogP contribution < -0.4 is 10.6 Å². The Morgan fingerprint density at radius 3 is 2.34 bits per heavy atom. The van der Waals surface area contributed by atoms with E-state index < -0.39 is 0 Å². The van der Waals surface area contributed by atoms with E-state index in [9.17, 15) is 4.39 Å². The molecule has 0 bridgehead atoms. The molecule has 162 valence electrons. The molecule has 2 N–H and O–H groups in total. The van der Waals surface area contributed by atoms with Crippen LogP contribution in [0.25, 0.3) is 0 Å². The SMILES string of the molecule is CN=C(NCC(c1ccc(F)cc1)N1CCOCC1)NC1CCN(C(C)C)CC1. The number of nitrogens with one attached hydrogen (secondary N) is 2. The highest BCUT2D eigenvalue weighted by molar-refractivity contribution is 5.80. The first-order valence-corrected chi connectivity index (χ1v) is 10.9. The quantitative estimate of drug-likeness (QED) is 0.562. The summed E-state index contributed by atoms with van der Waals surface area (Å²) in [5.41, 5.74) is 1.11. The van der Waals surface area contributed by atoms with Crippen LogP contribution >= 0.6 is 0 Å². The highest BCUT2D eigenvalue weighted by Crippen LogP contribution is 2.22. The minimum atomic E-state index is -0.201. The van der Waals surface area contributed by atoms with Gasteiger partial charge in [-0.05, 0) is 44.4 Å². The van der Waals surface area contributed by atoms with Gasteiger partial charge in [0.2, 0.25) is 0 Å². The van der Waals surface area contributed by atoms with Crippen molar-refractivity contribution in [3.8, 4) is 0 Å². The summed E-state index contributed by atoms with van der Waals surface area (Å²) in [5, 5.41) is 7.10. The molecule has 2 saturated heterocycles. The summed E-state index contributed by atoms with van der Waals surface area (Å²) in [7, 11) is 1.82. The van der Waals surface area contributed by atoms with Gasteiger partial charge >= 0.3 is 0 Å². The lowest BCUT2D eigenvalue weighted by atomic mass is 10.0. The Bertz CT molecular complexity index is 637. The van der Waals surface area contributed by atoms with E-state index in [4.69, 9.17) is 4.74 Å². The number of guanidine groups is 1. The van der Waals surface area contributed by atoms with Gasteiger partial charge in [0.05, 0.1) is 19.3 Å². The summed E-state index contributed by atoms with van der Waals surface area (Å²) >= 11 is 0. The number of likely N-dealkylation sites (tertiary alicyclic amines) is 1. The summed E-state index contributed by atoms with van der Waals surface area (Å²) < 4.78 is 18.9. The molecule has 0 spiro atoms. The molecule has 0 aromatic heterocycles. The Hall–Kier alpha value is -1.70. The third-order valence-electron chi connectivity index (χ3n) is 6.03. The van der Waals surface area contributed by atoms with Crippen molar-refractivity contribution in [2.75, 3.05) is 53.0 Å². The van der Waals surface area contributed by atoms with Crippen LogP contribution in [0.3, 0.4) is 0 Å². The predicted octanol–water partition coefficient (Wildman–Crippen LogP) is 2.24. The van der Waals surface area contributed by atoms with Crippen LogP contribution in [0.15, 0.2) is 29.3 Å². The summed E-state index contributed by atoms with van der Waals surface area (Å²) in [5.74, 6) is 0.640. The lowest BCUT2D eigenvalue weighted by molar-refractivity contribution is 0.0169. The Kier molecular flexibility index (Phi) is 8.27. The minimum Gasteiger partial charge on any atom is -0.379 e. The van der Waals surface area contributed by atoms with Gasteiger partial charge in [-0.3, -0.25) is 9.89 Å². The van der Waals surface area contributed by atoms with Crippen LogP contribution in [0.5, 0.6) is 0 Å². The maximum absolute atomic E-state index is 13.4. The van der Waals surface area contributed by atoms with Crippen LogP contribution in [-0.4, -0.2) is 80.8 Å². The molecule has 29 heavy (non-hydrogen) atoms. The predicted molar refractivity (Wildman–Crippen MR) is 116 cm³/mol. The average Bonchev–Trinajstić information content (AvgIpc) is 2.75. The van der Waals surface area contributed by atoms with Gasteiger partial charge in [0.15, 0.2) is 5.96 Å². The molecule has 2 fully saturated rings. The number of piperidine rings is 1. The molecule has 6 nitrogen and oxygen atoms in total. The van der Waals surface area contributed by atoms with Gasteiger partial charge in [-0.25, -0.2) is 4.39 Å². The van der Waals surface area contributed by atoms with Crippen LogP contribution in [-0.2, 0) is 4.74 Å². The number of rotatable bonds is 6. The van der Waals surface area contributed by atoms with Crippen molar-refractivity contribution in [2.45, 2.75) is 44.8 Å². The zero-order valence-corrected chi connectivity index (χ0v) is 18.0. The number of hydrogen-bond acceptors (Lipinski definition) is 4. The first kappa shape index (κ1) is 22.0. The van der Waals surface area contributed by atoms with E-state index in [1.807, 2.05) is 19.2 Å². The number of nitrogens with zero attached hydrogens (tertiary/aromatic N) is 3. The molecule has 1 aromatic rings. The van der Waals surface area contributed by atoms with Crippen LogP contribution in [0.2, 0.25) is 0 Å². The van der Waals surface area contributed by atoms with Gasteiger partial charge in [0, 0.05) is 51.9 Å². The average molecular weight is 406 g/mol. The van der Waals surface area contributed by atoms with Gasteiger partial charge < -0.3 is 20.3 Å². The number of benzene rings is 1. The Balaban J connectivity index is 1.57. The second-order valence-electron chi connectivity index (χ2n) is 8.22. The van der Waals surface area contributed by atoms with Crippen molar-refractivity contribution in [1.82, 2.24) is 20.4 Å². The molecule has 0 radical (unpaired) electrons. The molecular formula is C22H36FN5O. The molecule has 2 aliphatic heterocycles. The fourth-order valence-corrected chi connectivity index (χ4v) is 4.17. The molecule has 0 amide bonds. The van der Waals surface area contributed by atoms with Crippen LogP contribution in [0.1, 0.15) is 38.3 Å². The molecule has 7 heteroatoms. The van der Waals surface area contributed by atoms with E-state index in [-0.39, 0.29) is 11.9 Å². The monoisotopic (exact) mass is 405 g/mol. The van der Waals surface area contributed by atoms with Gasteiger partial charge in [0.1, 0.15) is 5.82 Å². The maximum Gasteiger partial charge on any atom is 0.191 e. The third kappa shape index (κ3) is 6.39. The summed E-state index contributed by atoms with van der Waals surface area (Å²) in [6, 6.07) is 8.06. The topological polar surface area (TPSA) is 52.1 Å². The minimum absolute atomic E-state index is 0.154. The second-order valence-corrected chi connectivity index (χ2v) is 8.22. The molecule has 1 atom stereocenters. The van der Waals surface area contributed by atoms with Crippen LogP contribution in [0, 0.1) is 5.82 Å². The Labute approximate surface area is 174 Å². The van der Waals surface area contributed by atoms with E-state index >= 15 is 0 Å². The fourth-order valence-electron chi connectivity index (χ4n) is 4.17. The number of halogens is 1. The highest BCUT2D eigenvalue weighted by Gasteiger charge is 2.24. The molecule has 0 saturated carbocycles. The fraction of sp³-hybridized carbons (Fsp3) is 0.682. The van der Waals surface area contributed by atoms with E-state index in [1.165, 1.54) is 0 Å². The molecule has 0 aliphatic carbocycles. The van der Waals surface area contributed by atoms with Gasteiger partial charge in [0.25, 0.3) is 0 Å². The third-order valence-corrected chi connectivity index (χ3v) is 6.03. The lowest BCUT2D eigenvalue weighted by Gasteiger charge is -2.37. The first-order chi connectivity index (χ1) is 14.1. The zero-order valence-electron chi connectivity index (χ0n) is 18.0. The van der Waals surface area contributed by atoms with Crippen molar-refractivity contribution >= 4 is 5.96 Å². The number of aliphatic imine (C=N–C) groups is 1. The molecule has 3 rings (SSSR count). The van der Waals surface area contributed by atoms with Crippen LogP contribution in [0.4, 0.5) is 4.39 Å². The Morgan fingerprint density at radius 2 is 1.76 bits per heavy atom. The number of morpholine rings is 1. The lowest BCUT2D eigenvalue weighted by Crippen LogP contribution is -2.51. The van der Waals surface area contributed by atoms with E-state index in [0.29, 0.717) is 12.1 Å². The van der Waals surface area contributed by atoms with Gasteiger partial charge in [-0.2, -0.15) is 0 Å².